The van der Waals surface area contributed by atoms with E-state index in [9.17, 15) is 4.79 Å². The largest absolute Gasteiger partial charge is 0.368 e. The molecule has 1 atom stereocenters. The zero-order valence-electron chi connectivity index (χ0n) is 21.9. The molecule has 4 rings (SSSR count). The topological polar surface area (TPSA) is 166 Å². The normalized spacial score (nSPS) is 12.7. The average molecular weight is 513 g/mol. The number of hydrazine groups is 1. The highest BCUT2D eigenvalue weighted by atomic mass is 16.1. The predicted molar refractivity (Wildman–Crippen MR) is 153 cm³/mol. The Hall–Kier alpha value is -4.77. The van der Waals surface area contributed by atoms with E-state index in [1.807, 2.05) is 69.3 Å². The molecule has 196 valence electrons. The van der Waals surface area contributed by atoms with Crippen molar-refractivity contribution in [1.29, 1.82) is 0 Å². The fraction of sp³-hybridized carbons (Fsp3) is 0.222. The molecule has 11 heteroatoms. The summed E-state index contributed by atoms with van der Waals surface area (Å²) in [5.74, 6) is 12.8. The van der Waals surface area contributed by atoms with Crippen LogP contribution in [0.1, 0.15) is 42.0 Å². The number of hydrogen-bond donors (Lipinski definition) is 4. The molecule has 4 aromatic rings. The number of para-hydroxylation sites is 1. The number of nitrogens with two attached hydrogens (primary N) is 3. The third kappa shape index (κ3) is 5.18. The summed E-state index contributed by atoms with van der Waals surface area (Å²) >= 11 is 0. The lowest BCUT2D eigenvalue weighted by Gasteiger charge is -2.23. The summed E-state index contributed by atoms with van der Waals surface area (Å²) in [6.45, 7) is 5.75. The third-order valence-electron chi connectivity index (χ3n) is 6.22. The number of fused-ring (bicyclic) bond motifs is 1. The first-order valence-electron chi connectivity index (χ1n) is 12.2. The second kappa shape index (κ2) is 11.1. The summed E-state index contributed by atoms with van der Waals surface area (Å²) in [5, 5.41) is 9.03. The average Bonchev–Trinajstić information content (AvgIpc) is 2.88. The predicted octanol–water partition coefficient (Wildman–Crippen LogP) is 3.03. The van der Waals surface area contributed by atoms with Gasteiger partial charge >= 0.3 is 0 Å². The van der Waals surface area contributed by atoms with Crippen LogP contribution in [0, 0.1) is 13.8 Å². The Morgan fingerprint density at radius 3 is 2.53 bits per heavy atom. The van der Waals surface area contributed by atoms with E-state index in [2.05, 4.69) is 20.4 Å². The van der Waals surface area contributed by atoms with Gasteiger partial charge in [-0.25, -0.2) is 15.8 Å². The zero-order valence-corrected chi connectivity index (χ0v) is 21.9. The van der Waals surface area contributed by atoms with Crippen LogP contribution < -0.4 is 28.3 Å². The van der Waals surface area contributed by atoms with Gasteiger partial charge < -0.3 is 16.9 Å². The number of aromatic nitrogens is 4. The molecule has 38 heavy (non-hydrogen) atoms. The number of hydrazone groups is 1. The molecular weight excluding hydrogens is 480 g/mol. The maximum atomic E-state index is 13.9. The summed E-state index contributed by atoms with van der Waals surface area (Å²) in [6, 6.07) is 14.8. The first-order valence-corrected chi connectivity index (χ1v) is 12.2. The van der Waals surface area contributed by atoms with Crippen LogP contribution in [0.4, 0.5) is 11.8 Å². The minimum Gasteiger partial charge on any atom is -0.368 e. The highest BCUT2D eigenvalue weighted by Crippen LogP contribution is 2.28. The van der Waals surface area contributed by atoms with E-state index in [0.717, 1.165) is 11.3 Å². The molecule has 0 fully saturated rings. The Bertz CT molecular complexity index is 1570. The van der Waals surface area contributed by atoms with E-state index in [4.69, 9.17) is 22.4 Å². The molecule has 11 nitrogen and oxygen atoms in total. The molecule has 2 aromatic carbocycles. The lowest BCUT2D eigenvalue weighted by atomic mass is 10.1. The van der Waals surface area contributed by atoms with Crippen LogP contribution in [-0.2, 0) is 0 Å². The molecule has 7 N–H and O–H groups in total. The van der Waals surface area contributed by atoms with E-state index in [0.29, 0.717) is 46.1 Å². The van der Waals surface area contributed by atoms with Gasteiger partial charge in [0.15, 0.2) is 5.84 Å². The molecular formula is C27H32N10O. The van der Waals surface area contributed by atoms with Crippen molar-refractivity contribution in [2.45, 2.75) is 33.2 Å². The highest BCUT2D eigenvalue weighted by Gasteiger charge is 2.22. The highest BCUT2D eigenvalue weighted by molar-refractivity contribution is 5.96. The number of aryl methyl sites for hydroxylation is 2. The summed E-state index contributed by atoms with van der Waals surface area (Å²) in [7, 11) is 1.63. The van der Waals surface area contributed by atoms with E-state index in [-0.39, 0.29) is 11.5 Å². The van der Waals surface area contributed by atoms with Crippen LogP contribution in [0.5, 0.6) is 0 Å². The number of rotatable bonds is 7. The quantitative estimate of drug-likeness (QED) is 0.126. The Morgan fingerprint density at radius 2 is 1.87 bits per heavy atom. The number of benzene rings is 2. The summed E-state index contributed by atoms with van der Waals surface area (Å²) in [5.41, 5.74) is 9.42. The number of nitrogens with zero attached hydrogens (tertiary/aromatic N) is 6. The van der Waals surface area contributed by atoms with E-state index >= 15 is 0 Å². The summed E-state index contributed by atoms with van der Waals surface area (Å²) in [4.78, 5) is 27.6. The van der Waals surface area contributed by atoms with E-state index in [1.54, 1.807) is 23.8 Å². The number of likely N-dealkylation sites (N-methyl/N-ethyl adjacent to an activating group) is 1. The van der Waals surface area contributed by atoms with Crippen molar-refractivity contribution in [3.63, 3.8) is 0 Å². The summed E-state index contributed by atoms with van der Waals surface area (Å²) < 4.78 is 1.66. The number of nitrogen functional groups attached to an aromatic ring is 1. The lowest BCUT2D eigenvalue weighted by Crippen LogP contribution is -2.32. The van der Waals surface area contributed by atoms with Crippen molar-refractivity contribution in [3.05, 3.63) is 87.6 Å². The van der Waals surface area contributed by atoms with Crippen molar-refractivity contribution < 1.29 is 0 Å². The van der Waals surface area contributed by atoms with Gasteiger partial charge in [-0.3, -0.25) is 14.4 Å². The number of nitrogens with one attached hydrogen (secondary N) is 1. The van der Waals surface area contributed by atoms with Crippen molar-refractivity contribution in [2.24, 2.45) is 16.8 Å². The Balaban J connectivity index is 1.90. The van der Waals surface area contributed by atoms with Crippen LogP contribution in [0.2, 0.25) is 0 Å². The molecule has 0 aliphatic rings. The van der Waals surface area contributed by atoms with Gasteiger partial charge in [-0.1, -0.05) is 37.3 Å². The molecule has 0 radical (unpaired) electrons. The molecule has 0 bridgehead atoms. The Labute approximate surface area is 220 Å². The number of hydrogen-bond acceptors (Lipinski definition) is 9. The molecule has 0 saturated heterocycles. The molecule has 0 aliphatic heterocycles. The third-order valence-corrected chi connectivity index (χ3v) is 6.22. The second-order valence-corrected chi connectivity index (χ2v) is 8.88. The SMILES string of the molecule is CCC(Nc1nc(N)nc(C)c1/C=C/C(=N/N)N(C)N)c1nc2cccc(C)c2c(=O)n1-c1ccccc1. The van der Waals surface area contributed by atoms with Crippen molar-refractivity contribution >= 4 is 34.6 Å². The van der Waals surface area contributed by atoms with Crippen molar-refractivity contribution in [1.82, 2.24) is 24.5 Å². The minimum absolute atomic E-state index is 0.114. The van der Waals surface area contributed by atoms with Crippen LogP contribution >= 0.6 is 0 Å². The van der Waals surface area contributed by atoms with Crippen molar-refractivity contribution in [3.8, 4) is 5.69 Å². The van der Waals surface area contributed by atoms with Crippen LogP contribution in [-0.4, -0.2) is 37.4 Å². The molecule has 0 aliphatic carbocycles. The standard InChI is InChI=1S/C27H32N10O/c1-5-20(32-24-19(17(3)31-27(28)34-24)14-15-22(35-29)36(4)30)25-33-21-13-9-10-16(2)23(21)26(38)37(25)18-11-7-6-8-12-18/h6-15,20H,5,29-30H2,1-4H3,(H3,28,31,32,34)/b15-14+,35-22-. The van der Waals surface area contributed by atoms with Gasteiger partial charge in [-0.05, 0) is 56.2 Å². The van der Waals surface area contributed by atoms with E-state index < -0.39 is 6.04 Å². The van der Waals surface area contributed by atoms with Gasteiger partial charge in [0.05, 0.1) is 28.3 Å². The molecule has 1 unspecified atom stereocenters. The first kappa shape index (κ1) is 26.3. The summed E-state index contributed by atoms with van der Waals surface area (Å²) in [6.07, 6.45) is 4.02. The maximum Gasteiger partial charge on any atom is 0.266 e. The molecule has 0 spiro atoms. The lowest BCUT2D eigenvalue weighted by molar-refractivity contribution is 0.540. The van der Waals surface area contributed by atoms with Crippen LogP contribution in [0.3, 0.4) is 0 Å². The minimum atomic E-state index is -0.395. The van der Waals surface area contributed by atoms with Crippen LogP contribution in [0.15, 0.2) is 64.5 Å². The molecule has 2 aromatic heterocycles. The monoisotopic (exact) mass is 512 g/mol. The van der Waals surface area contributed by atoms with E-state index in [1.165, 1.54) is 5.01 Å². The van der Waals surface area contributed by atoms with Gasteiger partial charge in [0.2, 0.25) is 5.95 Å². The van der Waals surface area contributed by atoms with Crippen molar-refractivity contribution in [2.75, 3.05) is 18.1 Å². The Morgan fingerprint density at radius 1 is 1.13 bits per heavy atom. The molecule has 0 saturated carbocycles. The smallest absolute Gasteiger partial charge is 0.266 e. The van der Waals surface area contributed by atoms with Gasteiger partial charge in [-0.2, -0.15) is 10.1 Å². The van der Waals surface area contributed by atoms with Gasteiger partial charge in [0.25, 0.3) is 5.56 Å². The maximum absolute atomic E-state index is 13.9. The van der Waals surface area contributed by atoms with Gasteiger partial charge in [0.1, 0.15) is 11.6 Å². The second-order valence-electron chi connectivity index (χ2n) is 8.88. The first-order chi connectivity index (χ1) is 18.2. The molecule has 0 amide bonds. The molecule has 2 heterocycles. The van der Waals surface area contributed by atoms with Gasteiger partial charge in [-0.15, -0.1) is 0 Å². The number of anilines is 2. The Kier molecular flexibility index (Phi) is 7.68. The van der Waals surface area contributed by atoms with Crippen LogP contribution in [0.25, 0.3) is 22.7 Å². The fourth-order valence-corrected chi connectivity index (χ4v) is 4.31. The fourth-order valence-electron chi connectivity index (χ4n) is 4.31. The zero-order chi connectivity index (χ0) is 27.4. The van der Waals surface area contributed by atoms with Gasteiger partial charge in [0, 0.05) is 12.6 Å². The number of amidine groups is 1.